The SMILES string of the molecule is CCC(NC(=O)c1noc(C)c1COc1cc(C)ccc1C)c1ccccc1. The monoisotopic (exact) mass is 378 g/mol. The van der Waals surface area contributed by atoms with Gasteiger partial charge in [-0.15, -0.1) is 0 Å². The third-order valence-electron chi connectivity index (χ3n) is 4.83. The Hall–Kier alpha value is -3.08. The Morgan fingerprint density at radius 3 is 2.61 bits per heavy atom. The third kappa shape index (κ3) is 4.42. The van der Waals surface area contributed by atoms with Crippen molar-refractivity contribution < 1.29 is 14.1 Å². The Balaban J connectivity index is 1.76. The molecule has 0 radical (unpaired) electrons. The molecule has 28 heavy (non-hydrogen) atoms. The molecule has 0 spiro atoms. The van der Waals surface area contributed by atoms with Gasteiger partial charge in [-0.25, -0.2) is 0 Å². The highest BCUT2D eigenvalue weighted by Crippen LogP contribution is 2.23. The van der Waals surface area contributed by atoms with E-state index in [0.717, 1.165) is 28.9 Å². The minimum absolute atomic E-state index is 0.0847. The molecule has 0 aliphatic heterocycles. The van der Waals surface area contributed by atoms with Crippen LogP contribution in [0.3, 0.4) is 0 Å². The summed E-state index contributed by atoms with van der Waals surface area (Å²) in [7, 11) is 0. The predicted octanol–water partition coefficient (Wildman–Crippen LogP) is 5.06. The molecule has 0 bridgehead atoms. The quantitative estimate of drug-likeness (QED) is 0.624. The maximum absolute atomic E-state index is 12.9. The van der Waals surface area contributed by atoms with Crippen LogP contribution in [0.2, 0.25) is 0 Å². The molecule has 0 saturated carbocycles. The smallest absolute Gasteiger partial charge is 0.274 e. The molecule has 5 heteroatoms. The van der Waals surface area contributed by atoms with Gasteiger partial charge in [0.05, 0.1) is 11.6 Å². The third-order valence-corrected chi connectivity index (χ3v) is 4.83. The Morgan fingerprint density at radius 1 is 1.14 bits per heavy atom. The van der Waals surface area contributed by atoms with Crippen LogP contribution in [0, 0.1) is 20.8 Å². The Kier molecular flexibility index (Phi) is 6.14. The average molecular weight is 378 g/mol. The molecule has 146 valence electrons. The topological polar surface area (TPSA) is 64.4 Å². The van der Waals surface area contributed by atoms with Crippen molar-refractivity contribution in [2.75, 3.05) is 0 Å². The van der Waals surface area contributed by atoms with E-state index < -0.39 is 0 Å². The second kappa shape index (κ2) is 8.74. The van der Waals surface area contributed by atoms with Gasteiger partial charge in [-0.1, -0.05) is 54.5 Å². The number of hydrogen-bond donors (Lipinski definition) is 1. The summed E-state index contributed by atoms with van der Waals surface area (Å²) in [5, 5.41) is 7.04. The summed E-state index contributed by atoms with van der Waals surface area (Å²) < 4.78 is 11.3. The van der Waals surface area contributed by atoms with Gasteiger partial charge < -0.3 is 14.6 Å². The molecule has 0 fully saturated rings. The van der Waals surface area contributed by atoms with Gasteiger partial charge in [-0.3, -0.25) is 4.79 Å². The largest absolute Gasteiger partial charge is 0.488 e. The summed E-state index contributed by atoms with van der Waals surface area (Å²) in [6.07, 6.45) is 0.779. The van der Waals surface area contributed by atoms with Crippen LogP contribution in [-0.2, 0) is 6.61 Å². The minimum atomic E-state index is -0.257. The highest BCUT2D eigenvalue weighted by Gasteiger charge is 2.23. The van der Waals surface area contributed by atoms with Crippen LogP contribution >= 0.6 is 0 Å². The van der Waals surface area contributed by atoms with Crippen LogP contribution in [0.1, 0.15) is 57.9 Å². The van der Waals surface area contributed by atoms with E-state index in [0.29, 0.717) is 11.3 Å². The molecule has 1 unspecified atom stereocenters. The number of aryl methyl sites for hydroxylation is 3. The highest BCUT2D eigenvalue weighted by molar-refractivity contribution is 5.94. The lowest BCUT2D eigenvalue weighted by Gasteiger charge is -2.17. The number of benzene rings is 2. The first-order valence-corrected chi connectivity index (χ1v) is 9.50. The van der Waals surface area contributed by atoms with Gasteiger partial charge in [0.1, 0.15) is 18.1 Å². The molecule has 5 nitrogen and oxygen atoms in total. The summed E-state index contributed by atoms with van der Waals surface area (Å²) in [4.78, 5) is 12.9. The van der Waals surface area contributed by atoms with Crippen molar-refractivity contribution >= 4 is 5.91 Å². The first-order valence-electron chi connectivity index (χ1n) is 9.50. The second-order valence-corrected chi connectivity index (χ2v) is 6.97. The summed E-state index contributed by atoms with van der Waals surface area (Å²) in [5.74, 6) is 1.12. The number of carbonyl (C=O) groups excluding carboxylic acids is 1. The van der Waals surface area contributed by atoms with E-state index in [1.807, 2.05) is 69.3 Å². The van der Waals surface area contributed by atoms with Gasteiger partial charge in [0, 0.05) is 0 Å². The van der Waals surface area contributed by atoms with Crippen LogP contribution in [0.5, 0.6) is 5.75 Å². The van der Waals surface area contributed by atoms with Gasteiger partial charge in [0.15, 0.2) is 5.69 Å². The molecule has 0 aliphatic carbocycles. The average Bonchev–Trinajstić information content (AvgIpc) is 3.08. The second-order valence-electron chi connectivity index (χ2n) is 6.97. The van der Waals surface area contributed by atoms with Crippen molar-refractivity contribution in [3.8, 4) is 5.75 Å². The van der Waals surface area contributed by atoms with E-state index in [-0.39, 0.29) is 24.2 Å². The van der Waals surface area contributed by atoms with Crippen molar-refractivity contribution in [1.29, 1.82) is 0 Å². The Morgan fingerprint density at radius 2 is 1.89 bits per heavy atom. The van der Waals surface area contributed by atoms with Gasteiger partial charge >= 0.3 is 0 Å². The summed E-state index contributed by atoms with van der Waals surface area (Å²) in [6, 6.07) is 15.9. The zero-order valence-corrected chi connectivity index (χ0v) is 16.8. The first kappa shape index (κ1) is 19.7. The summed E-state index contributed by atoms with van der Waals surface area (Å²) in [5.41, 5.74) is 4.17. The Bertz CT molecular complexity index is 948. The molecule has 1 amide bonds. The first-order chi connectivity index (χ1) is 13.5. The zero-order valence-electron chi connectivity index (χ0n) is 16.8. The molecule has 3 aromatic rings. The predicted molar refractivity (Wildman–Crippen MR) is 108 cm³/mol. The lowest BCUT2D eigenvalue weighted by molar-refractivity contribution is 0.0924. The number of hydrogen-bond acceptors (Lipinski definition) is 4. The fourth-order valence-electron chi connectivity index (χ4n) is 3.09. The lowest BCUT2D eigenvalue weighted by Crippen LogP contribution is -2.29. The van der Waals surface area contributed by atoms with Crippen molar-refractivity contribution in [1.82, 2.24) is 10.5 Å². The molecule has 1 N–H and O–H groups in total. The number of nitrogens with one attached hydrogen (secondary N) is 1. The fraction of sp³-hybridized carbons (Fsp3) is 0.304. The van der Waals surface area contributed by atoms with Crippen molar-refractivity contribution in [2.24, 2.45) is 0 Å². The number of carbonyl (C=O) groups is 1. The van der Waals surface area contributed by atoms with E-state index in [1.165, 1.54) is 0 Å². The molecule has 1 aromatic heterocycles. The minimum Gasteiger partial charge on any atom is -0.488 e. The van der Waals surface area contributed by atoms with Crippen LogP contribution in [-0.4, -0.2) is 11.1 Å². The lowest BCUT2D eigenvalue weighted by atomic mass is 10.0. The van der Waals surface area contributed by atoms with E-state index in [1.54, 1.807) is 6.92 Å². The number of amides is 1. The zero-order chi connectivity index (χ0) is 20.1. The van der Waals surface area contributed by atoms with Crippen molar-refractivity contribution in [3.05, 3.63) is 82.2 Å². The summed E-state index contributed by atoms with van der Waals surface area (Å²) in [6.45, 7) is 8.07. The van der Waals surface area contributed by atoms with Gasteiger partial charge in [0.25, 0.3) is 5.91 Å². The van der Waals surface area contributed by atoms with E-state index in [2.05, 4.69) is 10.5 Å². The van der Waals surface area contributed by atoms with Crippen LogP contribution in [0.4, 0.5) is 0 Å². The molecular formula is C23H26N2O3. The number of ether oxygens (including phenoxy) is 1. The number of aromatic nitrogens is 1. The van der Waals surface area contributed by atoms with Crippen LogP contribution < -0.4 is 10.1 Å². The normalized spacial score (nSPS) is 11.9. The van der Waals surface area contributed by atoms with Gasteiger partial charge in [0.2, 0.25) is 0 Å². The summed E-state index contributed by atoms with van der Waals surface area (Å²) >= 11 is 0. The maximum Gasteiger partial charge on any atom is 0.274 e. The molecule has 0 aliphatic rings. The molecule has 3 rings (SSSR count). The highest BCUT2D eigenvalue weighted by atomic mass is 16.5. The van der Waals surface area contributed by atoms with E-state index >= 15 is 0 Å². The molecular weight excluding hydrogens is 352 g/mol. The van der Waals surface area contributed by atoms with Gasteiger partial charge in [-0.05, 0) is 49.9 Å². The molecule has 2 aromatic carbocycles. The Labute approximate surface area is 165 Å². The van der Waals surface area contributed by atoms with Crippen molar-refractivity contribution in [2.45, 2.75) is 46.8 Å². The van der Waals surface area contributed by atoms with Crippen LogP contribution in [0.15, 0.2) is 53.1 Å². The van der Waals surface area contributed by atoms with Crippen molar-refractivity contribution in [3.63, 3.8) is 0 Å². The number of nitrogens with zero attached hydrogens (tertiary/aromatic N) is 1. The van der Waals surface area contributed by atoms with Gasteiger partial charge in [-0.2, -0.15) is 0 Å². The maximum atomic E-state index is 12.9. The fourth-order valence-corrected chi connectivity index (χ4v) is 3.09. The molecule has 0 saturated heterocycles. The molecule has 1 heterocycles. The molecule has 1 atom stereocenters. The van der Waals surface area contributed by atoms with E-state index in [4.69, 9.17) is 9.26 Å². The van der Waals surface area contributed by atoms with Crippen LogP contribution in [0.25, 0.3) is 0 Å². The van der Waals surface area contributed by atoms with E-state index in [9.17, 15) is 4.79 Å². The standard InChI is InChI=1S/C23H26N2O3/c1-5-20(18-9-7-6-8-10-18)24-23(26)22-19(17(4)28-25-22)14-27-21-13-15(2)11-12-16(21)3/h6-13,20H,5,14H2,1-4H3,(H,24,26). The number of rotatable bonds is 7.